The summed E-state index contributed by atoms with van der Waals surface area (Å²) in [6.45, 7) is 5.66. The number of nitrogens with zero attached hydrogens (tertiary/aromatic N) is 1. The Morgan fingerprint density at radius 3 is 2.19 bits per heavy atom. The van der Waals surface area contributed by atoms with Crippen molar-refractivity contribution in [1.29, 1.82) is 0 Å². The number of hydrogen-bond donors (Lipinski definition) is 1. The fraction of sp³-hybridized carbons (Fsp3) is 0.381. The number of nitrogens with one attached hydrogen (secondary N) is 1. The Labute approximate surface area is 162 Å². The molecular weight excluding hydrogens is 360 g/mol. The maximum atomic E-state index is 12.7. The van der Waals surface area contributed by atoms with Gasteiger partial charge in [-0.25, -0.2) is 8.42 Å². The number of unbranched alkanes of at least 4 members (excludes halogenated alkanes) is 1. The Morgan fingerprint density at radius 2 is 1.67 bits per heavy atom. The lowest BCUT2D eigenvalue weighted by atomic mass is 10.1. The standard InChI is InChI=1S/C21H28N2O3S/c1-5-6-7-18-10-12-19(13-11-18)22-21(24)17(3)23(27(4,25)26)20-14-8-16(2)9-15-20/h8-15,17H,5-7H2,1-4H3,(H,22,24)/t17-/m0/s1. The lowest BCUT2D eigenvalue weighted by Gasteiger charge is -2.28. The molecule has 27 heavy (non-hydrogen) atoms. The quantitative estimate of drug-likeness (QED) is 0.739. The maximum Gasteiger partial charge on any atom is 0.247 e. The molecular formula is C21H28N2O3S. The van der Waals surface area contributed by atoms with Crippen molar-refractivity contribution in [1.82, 2.24) is 0 Å². The largest absolute Gasteiger partial charge is 0.324 e. The van der Waals surface area contributed by atoms with Gasteiger partial charge in [0.15, 0.2) is 0 Å². The zero-order valence-corrected chi connectivity index (χ0v) is 17.2. The molecule has 2 aromatic carbocycles. The van der Waals surface area contributed by atoms with Crippen LogP contribution in [-0.2, 0) is 21.2 Å². The highest BCUT2D eigenvalue weighted by Gasteiger charge is 2.29. The van der Waals surface area contributed by atoms with Gasteiger partial charge in [-0.15, -0.1) is 0 Å². The molecule has 0 radical (unpaired) electrons. The summed E-state index contributed by atoms with van der Waals surface area (Å²) in [4.78, 5) is 12.7. The molecule has 1 N–H and O–H groups in total. The predicted octanol–water partition coefficient (Wildman–Crippen LogP) is 4.13. The second-order valence-corrected chi connectivity index (χ2v) is 8.72. The van der Waals surface area contributed by atoms with Gasteiger partial charge in [-0.3, -0.25) is 9.10 Å². The van der Waals surface area contributed by atoms with Crippen molar-refractivity contribution >= 4 is 27.3 Å². The molecule has 2 aromatic rings. The molecule has 1 atom stereocenters. The van der Waals surface area contributed by atoms with E-state index in [0.717, 1.165) is 35.4 Å². The number of carbonyl (C=O) groups excluding carboxylic acids is 1. The van der Waals surface area contributed by atoms with E-state index >= 15 is 0 Å². The van der Waals surface area contributed by atoms with E-state index < -0.39 is 16.1 Å². The first-order valence-corrected chi connectivity index (χ1v) is 11.0. The summed E-state index contributed by atoms with van der Waals surface area (Å²) in [5.74, 6) is -0.373. The van der Waals surface area contributed by atoms with Gasteiger partial charge in [-0.2, -0.15) is 0 Å². The van der Waals surface area contributed by atoms with E-state index in [1.54, 1.807) is 19.1 Å². The average molecular weight is 389 g/mol. The summed E-state index contributed by atoms with van der Waals surface area (Å²) in [6, 6.07) is 13.9. The zero-order valence-electron chi connectivity index (χ0n) is 16.4. The van der Waals surface area contributed by atoms with Crippen molar-refractivity contribution in [3.63, 3.8) is 0 Å². The van der Waals surface area contributed by atoms with E-state index in [1.165, 1.54) is 5.56 Å². The topological polar surface area (TPSA) is 66.5 Å². The normalized spacial score (nSPS) is 12.4. The molecule has 146 valence electrons. The van der Waals surface area contributed by atoms with Crippen LogP contribution in [0.5, 0.6) is 0 Å². The van der Waals surface area contributed by atoms with Crippen LogP contribution in [0.2, 0.25) is 0 Å². The highest BCUT2D eigenvalue weighted by Crippen LogP contribution is 2.22. The van der Waals surface area contributed by atoms with Crippen molar-refractivity contribution in [3.8, 4) is 0 Å². The van der Waals surface area contributed by atoms with Gasteiger partial charge < -0.3 is 5.32 Å². The van der Waals surface area contributed by atoms with Gasteiger partial charge >= 0.3 is 0 Å². The monoisotopic (exact) mass is 388 g/mol. The summed E-state index contributed by atoms with van der Waals surface area (Å²) >= 11 is 0. The molecule has 0 saturated carbocycles. The second kappa shape index (κ2) is 9.04. The Balaban J connectivity index is 2.16. The van der Waals surface area contributed by atoms with Crippen molar-refractivity contribution in [3.05, 3.63) is 59.7 Å². The van der Waals surface area contributed by atoms with Crippen molar-refractivity contribution in [2.24, 2.45) is 0 Å². The van der Waals surface area contributed by atoms with Crippen LogP contribution in [0.15, 0.2) is 48.5 Å². The lowest BCUT2D eigenvalue weighted by molar-refractivity contribution is -0.116. The minimum absolute atomic E-state index is 0.373. The van der Waals surface area contributed by atoms with Gasteiger partial charge in [-0.1, -0.05) is 43.2 Å². The molecule has 0 spiro atoms. The van der Waals surface area contributed by atoms with E-state index in [4.69, 9.17) is 0 Å². The SMILES string of the molecule is CCCCc1ccc(NC(=O)[C@H](C)N(c2ccc(C)cc2)S(C)(=O)=O)cc1. The summed E-state index contributed by atoms with van der Waals surface area (Å²) in [5.41, 5.74) is 3.37. The molecule has 5 nitrogen and oxygen atoms in total. The number of amides is 1. The molecule has 0 heterocycles. The number of sulfonamides is 1. The first-order chi connectivity index (χ1) is 12.7. The lowest BCUT2D eigenvalue weighted by Crippen LogP contribution is -2.45. The van der Waals surface area contributed by atoms with Gasteiger partial charge in [0.25, 0.3) is 0 Å². The molecule has 0 aliphatic heterocycles. The van der Waals surface area contributed by atoms with Crippen LogP contribution in [0.4, 0.5) is 11.4 Å². The number of hydrogen-bond acceptors (Lipinski definition) is 3. The van der Waals surface area contributed by atoms with E-state index in [-0.39, 0.29) is 5.91 Å². The fourth-order valence-electron chi connectivity index (χ4n) is 2.88. The van der Waals surface area contributed by atoms with Gasteiger partial charge in [0.1, 0.15) is 6.04 Å². The highest BCUT2D eigenvalue weighted by molar-refractivity contribution is 7.92. The summed E-state index contributed by atoms with van der Waals surface area (Å²) in [7, 11) is -3.61. The van der Waals surface area contributed by atoms with Crippen LogP contribution in [0.3, 0.4) is 0 Å². The Morgan fingerprint density at radius 1 is 1.07 bits per heavy atom. The number of aryl methyl sites for hydroxylation is 2. The molecule has 6 heteroatoms. The van der Waals surface area contributed by atoms with Crippen molar-refractivity contribution < 1.29 is 13.2 Å². The van der Waals surface area contributed by atoms with Crippen molar-refractivity contribution in [2.75, 3.05) is 15.9 Å². The Hall–Kier alpha value is -2.34. The molecule has 0 aliphatic carbocycles. The van der Waals surface area contributed by atoms with E-state index in [0.29, 0.717) is 11.4 Å². The van der Waals surface area contributed by atoms with Crippen LogP contribution >= 0.6 is 0 Å². The van der Waals surface area contributed by atoms with E-state index in [1.807, 2.05) is 43.3 Å². The second-order valence-electron chi connectivity index (χ2n) is 6.86. The molecule has 1 amide bonds. The van der Waals surface area contributed by atoms with Crippen LogP contribution in [0, 0.1) is 6.92 Å². The molecule has 0 saturated heterocycles. The minimum atomic E-state index is -3.61. The number of anilines is 2. The van der Waals surface area contributed by atoms with Crippen LogP contribution in [0.25, 0.3) is 0 Å². The van der Waals surface area contributed by atoms with Crippen molar-refractivity contribution in [2.45, 2.75) is 46.1 Å². The molecule has 0 aliphatic rings. The van der Waals surface area contributed by atoms with Gasteiger partial charge in [-0.05, 0) is 56.5 Å². The molecule has 0 aromatic heterocycles. The maximum absolute atomic E-state index is 12.7. The van der Waals surface area contributed by atoms with Gasteiger partial charge in [0.2, 0.25) is 15.9 Å². The highest BCUT2D eigenvalue weighted by atomic mass is 32.2. The van der Waals surface area contributed by atoms with Gasteiger partial charge in [0, 0.05) is 5.69 Å². The number of carbonyl (C=O) groups is 1. The third kappa shape index (κ3) is 5.82. The third-order valence-electron chi connectivity index (χ3n) is 4.42. The molecule has 0 bridgehead atoms. The van der Waals surface area contributed by atoms with E-state index in [2.05, 4.69) is 12.2 Å². The molecule has 2 rings (SSSR count). The molecule has 0 fully saturated rings. The Kier molecular flexibility index (Phi) is 7.02. The average Bonchev–Trinajstić information content (AvgIpc) is 2.61. The first-order valence-electron chi connectivity index (χ1n) is 9.18. The number of rotatable bonds is 8. The summed E-state index contributed by atoms with van der Waals surface area (Å²) < 4.78 is 25.8. The fourth-order valence-corrected chi connectivity index (χ4v) is 4.06. The predicted molar refractivity (Wildman–Crippen MR) is 112 cm³/mol. The van der Waals surface area contributed by atoms with Crippen LogP contribution < -0.4 is 9.62 Å². The van der Waals surface area contributed by atoms with Gasteiger partial charge in [0.05, 0.1) is 11.9 Å². The van der Waals surface area contributed by atoms with E-state index in [9.17, 15) is 13.2 Å². The number of benzene rings is 2. The van der Waals surface area contributed by atoms with Crippen LogP contribution in [0.1, 0.15) is 37.8 Å². The van der Waals surface area contributed by atoms with Crippen LogP contribution in [-0.4, -0.2) is 26.6 Å². The third-order valence-corrected chi connectivity index (χ3v) is 5.66. The zero-order chi connectivity index (χ0) is 20.0. The minimum Gasteiger partial charge on any atom is -0.324 e. The smallest absolute Gasteiger partial charge is 0.247 e. The first kappa shape index (κ1) is 21.0. The Bertz CT molecular complexity index is 859. The molecule has 0 unspecified atom stereocenters. The summed E-state index contributed by atoms with van der Waals surface area (Å²) in [5, 5.41) is 2.81. The summed E-state index contributed by atoms with van der Waals surface area (Å²) in [6.07, 6.45) is 4.38.